The largest absolute Gasteiger partial charge is 0.374 e. The van der Waals surface area contributed by atoms with Crippen LogP contribution in [0.4, 0.5) is 5.69 Å². The number of carbonyl (C=O) groups is 1. The van der Waals surface area contributed by atoms with E-state index >= 15 is 0 Å². The van der Waals surface area contributed by atoms with Crippen LogP contribution >= 0.6 is 11.6 Å². The Morgan fingerprint density at radius 3 is 2.90 bits per heavy atom. The summed E-state index contributed by atoms with van der Waals surface area (Å²) in [5.41, 5.74) is 3.91. The number of hydrazone groups is 1. The van der Waals surface area contributed by atoms with Gasteiger partial charge in [-0.25, -0.2) is 5.43 Å². The number of halogens is 1. The Kier molecular flexibility index (Phi) is 5.29. The Balaban J connectivity index is 1.87. The highest BCUT2D eigenvalue weighted by atomic mass is 35.5. The summed E-state index contributed by atoms with van der Waals surface area (Å²) in [4.78, 5) is 15.9. The molecule has 2 rings (SSSR count). The van der Waals surface area contributed by atoms with Gasteiger partial charge in [0.2, 0.25) is 0 Å². The van der Waals surface area contributed by atoms with E-state index in [9.17, 15) is 4.79 Å². The maximum absolute atomic E-state index is 11.9. The summed E-state index contributed by atoms with van der Waals surface area (Å²) in [5.74, 6) is -0.248. The van der Waals surface area contributed by atoms with Crippen LogP contribution in [-0.4, -0.2) is 23.1 Å². The highest BCUT2D eigenvalue weighted by Crippen LogP contribution is 2.15. The van der Waals surface area contributed by atoms with Crippen LogP contribution in [0, 0.1) is 0 Å². The van der Waals surface area contributed by atoms with Gasteiger partial charge in [-0.2, -0.15) is 5.10 Å². The lowest BCUT2D eigenvalue weighted by Crippen LogP contribution is -2.34. The number of amides is 1. The van der Waals surface area contributed by atoms with Gasteiger partial charge in [0, 0.05) is 16.9 Å². The first kappa shape index (κ1) is 15.0. The highest BCUT2D eigenvalue weighted by Gasteiger charge is 2.11. The van der Waals surface area contributed by atoms with Gasteiger partial charge in [0.05, 0.1) is 11.9 Å². The van der Waals surface area contributed by atoms with Crippen molar-refractivity contribution in [2.75, 3.05) is 5.32 Å². The normalized spacial score (nSPS) is 12.1. The number of hydrogen-bond donors (Lipinski definition) is 2. The van der Waals surface area contributed by atoms with E-state index in [1.807, 2.05) is 24.3 Å². The number of nitrogens with zero attached hydrogens (tertiary/aromatic N) is 2. The summed E-state index contributed by atoms with van der Waals surface area (Å²) < 4.78 is 0. The molecule has 0 saturated carbocycles. The molecule has 5 nitrogen and oxygen atoms in total. The minimum Gasteiger partial charge on any atom is -0.374 e. The Morgan fingerprint density at radius 1 is 1.33 bits per heavy atom. The SMILES string of the molecule is C[C@H](Nc1cccc(Cl)c1)C(=O)NN=Cc1ccccn1. The second-order valence-electron chi connectivity index (χ2n) is 4.37. The van der Waals surface area contributed by atoms with E-state index in [0.717, 1.165) is 5.69 Å². The third-order valence-electron chi connectivity index (χ3n) is 2.66. The number of rotatable bonds is 5. The number of nitrogens with one attached hydrogen (secondary N) is 2. The van der Waals surface area contributed by atoms with Gasteiger partial charge in [0.15, 0.2) is 0 Å². The Labute approximate surface area is 128 Å². The van der Waals surface area contributed by atoms with Crippen molar-refractivity contribution in [3.63, 3.8) is 0 Å². The fourth-order valence-electron chi connectivity index (χ4n) is 1.60. The average molecular weight is 303 g/mol. The topological polar surface area (TPSA) is 66.4 Å². The first-order valence-corrected chi connectivity index (χ1v) is 6.79. The third-order valence-corrected chi connectivity index (χ3v) is 2.90. The maximum Gasteiger partial charge on any atom is 0.262 e. The van der Waals surface area contributed by atoms with Crippen molar-refractivity contribution in [1.82, 2.24) is 10.4 Å². The summed E-state index contributed by atoms with van der Waals surface area (Å²) in [6.45, 7) is 1.74. The van der Waals surface area contributed by atoms with E-state index in [2.05, 4.69) is 20.8 Å². The molecule has 0 saturated heterocycles. The Hall–Kier alpha value is -2.40. The van der Waals surface area contributed by atoms with Gasteiger partial charge in [0.25, 0.3) is 5.91 Å². The molecule has 21 heavy (non-hydrogen) atoms. The molecule has 0 aliphatic heterocycles. The van der Waals surface area contributed by atoms with Crippen molar-refractivity contribution < 1.29 is 4.79 Å². The second kappa shape index (κ2) is 7.40. The summed E-state index contributed by atoms with van der Waals surface area (Å²) in [5, 5.41) is 7.53. The molecule has 0 spiro atoms. The van der Waals surface area contributed by atoms with E-state index in [1.165, 1.54) is 6.21 Å². The predicted octanol–water partition coefficient (Wildman–Crippen LogP) is 2.69. The van der Waals surface area contributed by atoms with Crippen molar-refractivity contribution in [3.05, 3.63) is 59.4 Å². The first-order chi connectivity index (χ1) is 10.1. The summed E-state index contributed by atoms with van der Waals surface area (Å²) in [6, 6.07) is 12.2. The number of aromatic nitrogens is 1. The van der Waals surface area contributed by atoms with Gasteiger partial charge < -0.3 is 5.32 Å². The molecule has 0 bridgehead atoms. The van der Waals surface area contributed by atoms with Crippen molar-refractivity contribution in [3.8, 4) is 0 Å². The summed E-state index contributed by atoms with van der Waals surface area (Å²) in [6.07, 6.45) is 3.15. The summed E-state index contributed by atoms with van der Waals surface area (Å²) in [7, 11) is 0. The Morgan fingerprint density at radius 2 is 2.19 bits per heavy atom. The molecule has 0 radical (unpaired) electrons. The van der Waals surface area contributed by atoms with Crippen molar-refractivity contribution in [2.24, 2.45) is 5.10 Å². The van der Waals surface area contributed by atoms with Crippen molar-refractivity contribution >= 4 is 29.4 Å². The molecule has 2 aromatic rings. The average Bonchev–Trinajstić information content (AvgIpc) is 2.48. The molecular formula is C15H15ClN4O. The van der Waals surface area contributed by atoms with Crippen LogP contribution in [0.15, 0.2) is 53.8 Å². The van der Waals surface area contributed by atoms with E-state index in [-0.39, 0.29) is 5.91 Å². The number of benzene rings is 1. The van der Waals surface area contributed by atoms with Gasteiger partial charge >= 0.3 is 0 Å². The van der Waals surface area contributed by atoms with Crippen molar-refractivity contribution in [1.29, 1.82) is 0 Å². The van der Waals surface area contributed by atoms with Gasteiger partial charge in [-0.15, -0.1) is 0 Å². The van der Waals surface area contributed by atoms with Gasteiger partial charge in [-0.3, -0.25) is 9.78 Å². The standard InChI is InChI=1S/C15H15ClN4O/c1-11(19-13-7-4-5-12(16)9-13)15(21)20-18-10-14-6-2-3-8-17-14/h2-11,19H,1H3,(H,20,21)/t11-/m0/s1. The van der Waals surface area contributed by atoms with Gasteiger partial charge in [0.1, 0.15) is 6.04 Å². The fraction of sp³-hybridized carbons (Fsp3) is 0.133. The molecule has 1 heterocycles. The molecule has 0 aliphatic rings. The molecule has 1 amide bonds. The predicted molar refractivity (Wildman–Crippen MR) is 84.5 cm³/mol. The molecule has 108 valence electrons. The maximum atomic E-state index is 11.9. The zero-order chi connectivity index (χ0) is 15.1. The lowest BCUT2D eigenvalue weighted by atomic mass is 10.2. The lowest BCUT2D eigenvalue weighted by molar-refractivity contribution is -0.121. The monoisotopic (exact) mass is 302 g/mol. The van der Waals surface area contributed by atoms with E-state index in [1.54, 1.807) is 31.3 Å². The third kappa shape index (κ3) is 4.89. The first-order valence-electron chi connectivity index (χ1n) is 6.41. The quantitative estimate of drug-likeness (QED) is 0.659. The number of pyridine rings is 1. The highest BCUT2D eigenvalue weighted by molar-refractivity contribution is 6.30. The minimum atomic E-state index is -0.440. The molecule has 6 heteroatoms. The lowest BCUT2D eigenvalue weighted by Gasteiger charge is -2.13. The number of carbonyl (C=O) groups excluding carboxylic acids is 1. The van der Waals surface area contributed by atoms with Crippen LogP contribution in [0.25, 0.3) is 0 Å². The Bertz CT molecular complexity index is 631. The van der Waals surface area contributed by atoms with Crippen molar-refractivity contribution in [2.45, 2.75) is 13.0 Å². The molecule has 1 aromatic carbocycles. The molecule has 0 aliphatic carbocycles. The van der Waals surface area contributed by atoms with Crippen LogP contribution in [0.1, 0.15) is 12.6 Å². The zero-order valence-electron chi connectivity index (χ0n) is 11.5. The van der Waals surface area contributed by atoms with E-state index < -0.39 is 6.04 Å². The molecule has 2 N–H and O–H groups in total. The van der Waals surface area contributed by atoms with Gasteiger partial charge in [-0.05, 0) is 37.3 Å². The van der Waals surface area contributed by atoms with Crippen LogP contribution in [0.2, 0.25) is 5.02 Å². The van der Waals surface area contributed by atoms with Crippen LogP contribution in [0.5, 0.6) is 0 Å². The summed E-state index contributed by atoms with van der Waals surface area (Å²) >= 11 is 5.89. The molecule has 1 aromatic heterocycles. The van der Waals surface area contributed by atoms with E-state index in [4.69, 9.17) is 11.6 Å². The van der Waals surface area contributed by atoms with Crippen LogP contribution in [-0.2, 0) is 4.79 Å². The molecule has 0 unspecified atom stereocenters. The second-order valence-corrected chi connectivity index (χ2v) is 4.80. The molecule has 0 fully saturated rings. The molecule has 1 atom stereocenters. The fourth-order valence-corrected chi connectivity index (χ4v) is 1.80. The van der Waals surface area contributed by atoms with Crippen LogP contribution in [0.3, 0.4) is 0 Å². The van der Waals surface area contributed by atoms with E-state index in [0.29, 0.717) is 10.7 Å². The molecular weight excluding hydrogens is 288 g/mol. The van der Waals surface area contributed by atoms with Gasteiger partial charge in [-0.1, -0.05) is 23.7 Å². The smallest absolute Gasteiger partial charge is 0.262 e. The zero-order valence-corrected chi connectivity index (χ0v) is 12.2. The minimum absolute atomic E-state index is 0.248. The number of anilines is 1. The number of hydrogen-bond acceptors (Lipinski definition) is 4. The van der Waals surface area contributed by atoms with Crippen LogP contribution < -0.4 is 10.7 Å².